The molecule has 0 atom stereocenters. The second kappa shape index (κ2) is 4.46. The molecule has 0 unspecified atom stereocenters. The van der Waals surface area contributed by atoms with Crippen LogP contribution in [-0.2, 0) is 19.4 Å². The Bertz CT molecular complexity index is 596. The summed E-state index contributed by atoms with van der Waals surface area (Å²) in [6.07, 6.45) is 4.72. The molecule has 4 heteroatoms. The number of hydrogen-bond donors (Lipinski definition) is 0. The molecule has 3 heterocycles. The number of aromatic nitrogens is 3. The minimum atomic E-state index is 0.932. The van der Waals surface area contributed by atoms with Gasteiger partial charge in [0.1, 0.15) is 5.82 Å². The van der Waals surface area contributed by atoms with Gasteiger partial charge in [-0.2, -0.15) is 0 Å². The number of aryl methyl sites for hydroxylation is 2. The second-order valence-corrected chi connectivity index (χ2v) is 5.48. The highest BCUT2D eigenvalue weighted by Crippen LogP contribution is 2.25. The number of benzene rings is 1. The maximum Gasteiger partial charge on any atom is 0.151 e. The summed E-state index contributed by atoms with van der Waals surface area (Å²) >= 11 is 0. The van der Waals surface area contributed by atoms with E-state index >= 15 is 0 Å². The molecule has 4 rings (SSSR count). The van der Waals surface area contributed by atoms with Crippen LogP contribution in [0.25, 0.3) is 5.69 Å². The van der Waals surface area contributed by atoms with E-state index in [0.717, 1.165) is 31.0 Å². The molecule has 0 radical (unpaired) electrons. The predicted molar refractivity (Wildman–Crippen MR) is 73.3 cm³/mol. The maximum atomic E-state index is 4.43. The van der Waals surface area contributed by atoms with Crippen LogP contribution < -0.4 is 0 Å². The van der Waals surface area contributed by atoms with Crippen LogP contribution in [0.1, 0.15) is 30.1 Å². The van der Waals surface area contributed by atoms with E-state index in [1.807, 2.05) is 0 Å². The highest BCUT2D eigenvalue weighted by Gasteiger charge is 2.22. The van der Waals surface area contributed by atoms with E-state index in [2.05, 4.69) is 43.9 Å². The first kappa shape index (κ1) is 11.2. The van der Waals surface area contributed by atoms with Crippen molar-refractivity contribution in [2.24, 2.45) is 0 Å². The van der Waals surface area contributed by atoms with Crippen molar-refractivity contribution in [2.75, 3.05) is 13.1 Å². The summed E-state index contributed by atoms with van der Waals surface area (Å²) in [5.74, 6) is 2.22. The van der Waals surface area contributed by atoms with E-state index < -0.39 is 0 Å². The Morgan fingerprint density at radius 2 is 1.84 bits per heavy atom. The third-order valence-corrected chi connectivity index (χ3v) is 4.21. The van der Waals surface area contributed by atoms with Gasteiger partial charge in [-0.1, -0.05) is 18.2 Å². The maximum absolute atomic E-state index is 4.43. The van der Waals surface area contributed by atoms with Crippen molar-refractivity contribution in [1.29, 1.82) is 0 Å². The minimum absolute atomic E-state index is 0.932. The third kappa shape index (κ3) is 1.87. The van der Waals surface area contributed by atoms with Crippen molar-refractivity contribution >= 4 is 0 Å². The van der Waals surface area contributed by atoms with Gasteiger partial charge in [-0.15, -0.1) is 10.2 Å². The molecule has 0 N–H and O–H groups in total. The Morgan fingerprint density at radius 3 is 2.74 bits per heavy atom. The van der Waals surface area contributed by atoms with Crippen molar-refractivity contribution in [3.8, 4) is 5.69 Å². The van der Waals surface area contributed by atoms with Gasteiger partial charge in [-0.05, 0) is 44.0 Å². The molecule has 2 aliphatic heterocycles. The smallest absolute Gasteiger partial charge is 0.151 e. The Hall–Kier alpha value is -1.68. The summed E-state index contributed by atoms with van der Waals surface area (Å²) in [6.45, 7) is 3.33. The molecule has 0 amide bonds. The molecule has 0 aliphatic carbocycles. The second-order valence-electron chi connectivity index (χ2n) is 5.48. The lowest BCUT2D eigenvalue weighted by molar-refractivity contribution is 0.319. The SMILES string of the molecule is c1ccc2c(c1)CCc1nnc(CN3CCCC3)n1-2. The summed E-state index contributed by atoms with van der Waals surface area (Å²) in [6, 6.07) is 8.63. The van der Waals surface area contributed by atoms with Crippen molar-refractivity contribution < 1.29 is 0 Å². The molecule has 0 bridgehead atoms. The van der Waals surface area contributed by atoms with Gasteiger partial charge in [0.2, 0.25) is 0 Å². The van der Waals surface area contributed by atoms with Crippen LogP contribution in [0, 0.1) is 0 Å². The van der Waals surface area contributed by atoms with Crippen LogP contribution in [0.5, 0.6) is 0 Å². The Morgan fingerprint density at radius 1 is 1.00 bits per heavy atom. The quantitative estimate of drug-likeness (QED) is 0.821. The van der Waals surface area contributed by atoms with Gasteiger partial charge in [-0.3, -0.25) is 9.47 Å². The van der Waals surface area contributed by atoms with Gasteiger partial charge < -0.3 is 0 Å². The number of likely N-dealkylation sites (tertiary alicyclic amines) is 1. The number of rotatable bonds is 2. The summed E-state index contributed by atoms with van der Waals surface area (Å²) in [5.41, 5.74) is 2.69. The van der Waals surface area contributed by atoms with Gasteiger partial charge in [0.25, 0.3) is 0 Å². The summed E-state index contributed by atoms with van der Waals surface area (Å²) < 4.78 is 2.27. The number of hydrogen-bond acceptors (Lipinski definition) is 3. The monoisotopic (exact) mass is 254 g/mol. The number of nitrogens with zero attached hydrogens (tertiary/aromatic N) is 4. The Kier molecular flexibility index (Phi) is 2.62. The first-order chi connectivity index (χ1) is 9.42. The van der Waals surface area contributed by atoms with E-state index in [9.17, 15) is 0 Å². The van der Waals surface area contributed by atoms with E-state index in [1.165, 1.54) is 37.2 Å². The van der Waals surface area contributed by atoms with E-state index in [-0.39, 0.29) is 0 Å². The van der Waals surface area contributed by atoms with Gasteiger partial charge in [0.15, 0.2) is 5.82 Å². The Labute approximate surface area is 113 Å². The molecule has 0 spiro atoms. The van der Waals surface area contributed by atoms with Gasteiger partial charge in [0.05, 0.1) is 12.2 Å². The lowest BCUT2D eigenvalue weighted by Crippen LogP contribution is -2.22. The van der Waals surface area contributed by atoms with Crippen molar-refractivity contribution in [1.82, 2.24) is 19.7 Å². The van der Waals surface area contributed by atoms with E-state index in [4.69, 9.17) is 0 Å². The highest BCUT2D eigenvalue weighted by molar-refractivity contribution is 5.45. The standard InChI is InChI=1S/C15H18N4/c1-2-6-13-12(5-1)7-8-14-16-17-15(19(13)14)11-18-9-3-4-10-18/h1-2,5-6H,3-4,7-11H2. The van der Waals surface area contributed by atoms with Crippen LogP contribution in [0.3, 0.4) is 0 Å². The summed E-state index contributed by atoms with van der Waals surface area (Å²) in [4.78, 5) is 2.48. The normalized spacial score (nSPS) is 18.3. The molecule has 1 aromatic heterocycles. The topological polar surface area (TPSA) is 34.0 Å². The molecule has 2 aromatic rings. The van der Waals surface area contributed by atoms with E-state index in [0.29, 0.717) is 0 Å². The first-order valence-corrected chi connectivity index (χ1v) is 7.15. The van der Waals surface area contributed by atoms with Crippen LogP contribution in [0.15, 0.2) is 24.3 Å². The first-order valence-electron chi connectivity index (χ1n) is 7.15. The molecule has 0 saturated carbocycles. The molecule has 2 aliphatic rings. The molecular formula is C15H18N4. The van der Waals surface area contributed by atoms with Crippen molar-refractivity contribution in [3.05, 3.63) is 41.5 Å². The fourth-order valence-electron chi connectivity index (χ4n) is 3.22. The zero-order chi connectivity index (χ0) is 12.7. The molecule has 4 nitrogen and oxygen atoms in total. The fourth-order valence-corrected chi connectivity index (χ4v) is 3.22. The van der Waals surface area contributed by atoms with E-state index in [1.54, 1.807) is 0 Å². The van der Waals surface area contributed by atoms with Crippen LogP contribution in [-0.4, -0.2) is 32.8 Å². The molecule has 1 aromatic carbocycles. The fraction of sp³-hybridized carbons (Fsp3) is 0.467. The average molecular weight is 254 g/mol. The largest absolute Gasteiger partial charge is 0.296 e. The average Bonchev–Trinajstić information content (AvgIpc) is 3.09. The summed E-state index contributed by atoms with van der Waals surface area (Å²) in [7, 11) is 0. The lowest BCUT2D eigenvalue weighted by atomic mass is 10.0. The van der Waals surface area contributed by atoms with Crippen LogP contribution >= 0.6 is 0 Å². The minimum Gasteiger partial charge on any atom is -0.296 e. The molecule has 1 saturated heterocycles. The van der Waals surface area contributed by atoms with Gasteiger partial charge in [0, 0.05) is 6.42 Å². The third-order valence-electron chi connectivity index (χ3n) is 4.21. The zero-order valence-corrected chi connectivity index (χ0v) is 11.0. The van der Waals surface area contributed by atoms with Crippen LogP contribution in [0.4, 0.5) is 0 Å². The molecule has 19 heavy (non-hydrogen) atoms. The molecular weight excluding hydrogens is 236 g/mol. The van der Waals surface area contributed by atoms with Gasteiger partial charge >= 0.3 is 0 Å². The molecule has 1 fully saturated rings. The predicted octanol–water partition coefficient (Wildman–Crippen LogP) is 1.96. The Balaban J connectivity index is 1.74. The van der Waals surface area contributed by atoms with Gasteiger partial charge in [-0.25, -0.2) is 0 Å². The zero-order valence-electron chi connectivity index (χ0n) is 11.0. The van der Waals surface area contributed by atoms with Crippen LogP contribution in [0.2, 0.25) is 0 Å². The summed E-state index contributed by atoms with van der Waals surface area (Å²) in [5, 5.41) is 8.82. The number of para-hydroxylation sites is 1. The van der Waals surface area contributed by atoms with Crippen molar-refractivity contribution in [3.63, 3.8) is 0 Å². The van der Waals surface area contributed by atoms with Crippen molar-refractivity contribution in [2.45, 2.75) is 32.2 Å². The lowest BCUT2D eigenvalue weighted by Gasteiger charge is -2.21. The highest BCUT2D eigenvalue weighted by atomic mass is 15.3. The number of fused-ring (bicyclic) bond motifs is 3. The molecule has 98 valence electrons.